The summed E-state index contributed by atoms with van der Waals surface area (Å²) in [7, 11) is 1.55. The zero-order valence-electron chi connectivity index (χ0n) is 10.8. The van der Waals surface area contributed by atoms with Crippen LogP contribution in [0, 0.1) is 16.0 Å². The van der Waals surface area contributed by atoms with Gasteiger partial charge < -0.3 is 15.2 Å². The first-order chi connectivity index (χ1) is 8.93. The molecule has 0 aliphatic carbocycles. The molecule has 0 aromatic heterocycles. The van der Waals surface area contributed by atoms with E-state index in [1.54, 1.807) is 7.11 Å². The quantitative estimate of drug-likeness (QED) is 0.466. The number of non-ortho nitro benzene ring substituents is 1. The molecule has 0 saturated carbocycles. The molecular weight excluding hydrogens is 252 g/mol. The zero-order chi connectivity index (χ0) is 14.4. The molecule has 0 heterocycles. The smallest absolute Gasteiger partial charge is 0.273 e. The second-order valence-corrected chi connectivity index (χ2v) is 4.27. The number of phenolic OH excluding ortho intramolecular Hbond substituents is 1. The van der Waals surface area contributed by atoms with Gasteiger partial charge in [0.1, 0.15) is 5.75 Å². The summed E-state index contributed by atoms with van der Waals surface area (Å²) in [4.78, 5) is 21.5. The van der Waals surface area contributed by atoms with Crippen molar-refractivity contribution in [1.82, 2.24) is 0 Å². The molecule has 1 amide bonds. The van der Waals surface area contributed by atoms with Crippen LogP contribution in [0.2, 0.25) is 0 Å². The molecule has 7 nitrogen and oxygen atoms in total. The SMILES string of the molecule is COCC(C)CC(=O)Nc1ccc([N+](=O)[O-])cc1O. The second-order valence-electron chi connectivity index (χ2n) is 4.27. The molecule has 1 rings (SSSR count). The van der Waals surface area contributed by atoms with Crippen LogP contribution in [-0.4, -0.2) is 29.7 Å². The molecule has 1 aromatic rings. The Labute approximate surface area is 110 Å². The minimum Gasteiger partial charge on any atom is -0.506 e. The molecule has 0 fully saturated rings. The van der Waals surface area contributed by atoms with E-state index in [0.29, 0.717) is 6.61 Å². The fourth-order valence-electron chi connectivity index (χ4n) is 1.60. The van der Waals surface area contributed by atoms with Gasteiger partial charge >= 0.3 is 0 Å². The average Bonchev–Trinajstić information content (AvgIpc) is 2.31. The highest BCUT2D eigenvalue weighted by atomic mass is 16.6. The molecular formula is C12H16N2O5. The van der Waals surface area contributed by atoms with Crippen LogP contribution in [-0.2, 0) is 9.53 Å². The summed E-state index contributed by atoms with van der Waals surface area (Å²) in [5, 5.41) is 22.6. The van der Waals surface area contributed by atoms with Crippen LogP contribution in [0.25, 0.3) is 0 Å². The number of phenols is 1. The van der Waals surface area contributed by atoms with Gasteiger partial charge in [0.15, 0.2) is 0 Å². The number of aromatic hydroxyl groups is 1. The van der Waals surface area contributed by atoms with E-state index in [4.69, 9.17) is 4.74 Å². The largest absolute Gasteiger partial charge is 0.506 e. The van der Waals surface area contributed by atoms with Gasteiger partial charge in [0.2, 0.25) is 5.91 Å². The topological polar surface area (TPSA) is 102 Å². The van der Waals surface area contributed by atoms with Crippen LogP contribution in [0.4, 0.5) is 11.4 Å². The lowest BCUT2D eigenvalue weighted by Gasteiger charge is -2.11. The third kappa shape index (κ3) is 4.55. The summed E-state index contributed by atoms with van der Waals surface area (Å²) in [5.41, 5.74) is -0.0801. The van der Waals surface area contributed by atoms with Gasteiger partial charge in [-0.15, -0.1) is 0 Å². The highest BCUT2D eigenvalue weighted by Crippen LogP contribution is 2.28. The first-order valence-corrected chi connectivity index (χ1v) is 5.70. The first-order valence-electron chi connectivity index (χ1n) is 5.70. The van der Waals surface area contributed by atoms with Crippen LogP contribution in [0.15, 0.2) is 18.2 Å². The van der Waals surface area contributed by atoms with E-state index in [0.717, 1.165) is 6.07 Å². The molecule has 0 bridgehead atoms. The van der Waals surface area contributed by atoms with Crippen molar-refractivity contribution in [2.75, 3.05) is 19.0 Å². The van der Waals surface area contributed by atoms with Crippen molar-refractivity contribution in [3.63, 3.8) is 0 Å². The number of methoxy groups -OCH3 is 1. The molecule has 0 saturated heterocycles. The Morgan fingerprint density at radius 3 is 2.79 bits per heavy atom. The molecule has 0 spiro atoms. The van der Waals surface area contributed by atoms with E-state index in [1.807, 2.05) is 6.92 Å². The fraction of sp³-hybridized carbons (Fsp3) is 0.417. The van der Waals surface area contributed by atoms with Crippen LogP contribution in [0.5, 0.6) is 5.75 Å². The minimum atomic E-state index is -0.619. The number of rotatable bonds is 6. The van der Waals surface area contributed by atoms with Crippen LogP contribution < -0.4 is 5.32 Å². The molecule has 0 aliphatic heterocycles. The Balaban J connectivity index is 2.67. The van der Waals surface area contributed by atoms with Crippen LogP contribution in [0.3, 0.4) is 0 Å². The van der Waals surface area contributed by atoms with Gasteiger partial charge in [0.05, 0.1) is 16.7 Å². The van der Waals surface area contributed by atoms with Gasteiger partial charge in [0.25, 0.3) is 5.69 Å². The predicted molar refractivity (Wildman–Crippen MR) is 69.0 cm³/mol. The summed E-state index contributed by atoms with van der Waals surface area (Å²) < 4.78 is 4.92. The second kappa shape index (κ2) is 6.69. The highest BCUT2D eigenvalue weighted by molar-refractivity contribution is 5.92. The number of nitrogens with zero attached hydrogens (tertiary/aromatic N) is 1. The van der Waals surface area contributed by atoms with Crippen molar-refractivity contribution >= 4 is 17.3 Å². The summed E-state index contributed by atoms with van der Waals surface area (Å²) >= 11 is 0. The lowest BCUT2D eigenvalue weighted by atomic mass is 10.1. The first kappa shape index (κ1) is 14.9. The number of benzene rings is 1. The average molecular weight is 268 g/mol. The Morgan fingerprint density at radius 1 is 1.58 bits per heavy atom. The van der Waals surface area contributed by atoms with Gasteiger partial charge in [-0.1, -0.05) is 6.92 Å². The summed E-state index contributed by atoms with van der Waals surface area (Å²) in [6.07, 6.45) is 0.240. The number of anilines is 1. The number of nitrogens with one attached hydrogen (secondary N) is 1. The van der Waals surface area contributed by atoms with E-state index in [-0.39, 0.29) is 35.4 Å². The Hall–Kier alpha value is -2.15. The molecule has 2 N–H and O–H groups in total. The lowest BCUT2D eigenvalue weighted by molar-refractivity contribution is -0.384. The van der Waals surface area contributed by atoms with Crippen molar-refractivity contribution < 1.29 is 19.6 Å². The molecule has 7 heteroatoms. The molecule has 104 valence electrons. The molecule has 0 aliphatic rings. The van der Waals surface area contributed by atoms with Gasteiger partial charge in [-0.2, -0.15) is 0 Å². The van der Waals surface area contributed by atoms with Crippen molar-refractivity contribution in [1.29, 1.82) is 0 Å². The monoisotopic (exact) mass is 268 g/mol. The van der Waals surface area contributed by atoms with E-state index in [2.05, 4.69) is 5.32 Å². The Kier molecular flexibility index (Phi) is 5.25. The van der Waals surface area contributed by atoms with E-state index in [9.17, 15) is 20.0 Å². The third-order valence-electron chi connectivity index (χ3n) is 2.45. The minimum absolute atomic E-state index is 0.0465. The number of hydrogen-bond acceptors (Lipinski definition) is 5. The fourth-order valence-corrected chi connectivity index (χ4v) is 1.60. The highest BCUT2D eigenvalue weighted by Gasteiger charge is 2.14. The van der Waals surface area contributed by atoms with Crippen LogP contribution >= 0.6 is 0 Å². The van der Waals surface area contributed by atoms with Crippen molar-refractivity contribution in [2.24, 2.45) is 5.92 Å². The van der Waals surface area contributed by atoms with Crippen molar-refractivity contribution in [3.05, 3.63) is 28.3 Å². The van der Waals surface area contributed by atoms with Gasteiger partial charge in [0, 0.05) is 26.2 Å². The van der Waals surface area contributed by atoms with Gasteiger partial charge in [-0.05, 0) is 12.0 Å². The van der Waals surface area contributed by atoms with Gasteiger partial charge in [-0.3, -0.25) is 14.9 Å². The Morgan fingerprint density at radius 2 is 2.26 bits per heavy atom. The number of nitro benzene ring substituents is 1. The maximum Gasteiger partial charge on any atom is 0.273 e. The maximum absolute atomic E-state index is 11.7. The molecule has 0 radical (unpaired) electrons. The normalized spacial score (nSPS) is 11.9. The zero-order valence-corrected chi connectivity index (χ0v) is 10.8. The predicted octanol–water partition coefficient (Wildman–Crippen LogP) is 1.91. The molecule has 1 atom stereocenters. The van der Waals surface area contributed by atoms with E-state index >= 15 is 0 Å². The van der Waals surface area contributed by atoms with E-state index in [1.165, 1.54) is 12.1 Å². The van der Waals surface area contributed by atoms with Gasteiger partial charge in [-0.25, -0.2) is 0 Å². The molecule has 1 aromatic carbocycles. The van der Waals surface area contributed by atoms with Crippen molar-refractivity contribution in [2.45, 2.75) is 13.3 Å². The Bertz CT molecular complexity index is 475. The lowest BCUT2D eigenvalue weighted by Crippen LogP contribution is -2.17. The number of nitro groups is 1. The number of ether oxygens (including phenoxy) is 1. The number of hydrogen-bond donors (Lipinski definition) is 2. The van der Waals surface area contributed by atoms with Crippen molar-refractivity contribution in [3.8, 4) is 5.75 Å². The summed E-state index contributed by atoms with van der Waals surface area (Å²) in [6, 6.07) is 3.51. The third-order valence-corrected chi connectivity index (χ3v) is 2.45. The molecule has 1 unspecified atom stereocenters. The van der Waals surface area contributed by atoms with E-state index < -0.39 is 4.92 Å². The number of amides is 1. The summed E-state index contributed by atoms with van der Waals surface area (Å²) in [5.74, 6) is -0.569. The molecule has 19 heavy (non-hydrogen) atoms. The number of carbonyl (C=O) groups is 1. The maximum atomic E-state index is 11.7. The summed E-state index contributed by atoms with van der Waals surface area (Å²) in [6.45, 7) is 2.32. The standard InChI is InChI=1S/C12H16N2O5/c1-8(7-19-2)5-12(16)13-10-4-3-9(14(17)18)6-11(10)15/h3-4,6,8,15H,5,7H2,1-2H3,(H,13,16). The number of carbonyl (C=O) groups excluding carboxylic acids is 1. The van der Waals surface area contributed by atoms with Crippen LogP contribution in [0.1, 0.15) is 13.3 Å².